The van der Waals surface area contributed by atoms with Gasteiger partial charge in [0.15, 0.2) is 0 Å². The Balaban J connectivity index is 2.47. The van der Waals surface area contributed by atoms with Gasteiger partial charge >= 0.3 is 0 Å². The summed E-state index contributed by atoms with van der Waals surface area (Å²) >= 11 is 3.33. The van der Waals surface area contributed by atoms with Crippen LogP contribution in [0.15, 0.2) is 22.7 Å². The molecule has 1 aromatic carbocycles. The summed E-state index contributed by atoms with van der Waals surface area (Å²) in [4.78, 5) is 2.25. The molecule has 4 heteroatoms. The first-order valence-corrected chi connectivity index (χ1v) is 7.05. The zero-order valence-corrected chi connectivity index (χ0v) is 13.2. The number of phenols is 1. The number of halogens is 1. The van der Waals surface area contributed by atoms with Crippen molar-refractivity contribution in [2.75, 3.05) is 20.6 Å². The van der Waals surface area contributed by atoms with Crippen molar-refractivity contribution in [3.8, 4) is 5.75 Å². The van der Waals surface area contributed by atoms with Crippen LogP contribution in [0.4, 0.5) is 0 Å². The summed E-state index contributed by atoms with van der Waals surface area (Å²) in [6, 6.07) is 6.13. The quantitative estimate of drug-likeness (QED) is 0.847. The van der Waals surface area contributed by atoms with Gasteiger partial charge in [0.1, 0.15) is 5.75 Å². The van der Waals surface area contributed by atoms with E-state index in [0.717, 1.165) is 17.6 Å². The third-order valence-corrected chi connectivity index (χ3v) is 3.76. The van der Waals surface area contributed by atoms with Gasteiger partial charge in [-0.1, -0.05) is 19.9 Å². The van der Waals surface area contributed by atoms with E-state index in [9.17, 15) is 5.11 Å². The standard InChI is InChI=1S/C14H23BrN2O/c1-10(2)13(17(3)4)9-16-8-11-5-6-14(18)12(15)7-11/h5-7,10,13,16,18H,8-9H2,1-4H3. The Morgan fingerprint density at radius 3 is 2.50 bits per heavy atom. The van der Waals surface area contributed by atoms with Gasteiger partial charge in [-0.2, -0.15) is 0 Å². The number of nitrogens with zero attached hydrogens (tertiary/aromatic N) is 1. The summed E-state index contributed by atoms with van der Waals surface area (Å²) in [7, 11) is 4.23. The summed E-state index contributed by atoms with van der Waals surface area (Å²) in [5.41, 5.74) is 1.17. The Labute approximate surface area is 118 Å². The third-order valence-electron chi connectivity index (χ3n) is 3.13. The molecule has 1 aromatic rings. The van der Waals surface area contributed by atoms with Crippen molar-refractivity contribution in [3.05, 3.63) is 28.2 Å². The van der Waals surface area contributed by atoms with Crippen molar-refractivity contribution in [1.29, 1.82) is 0 Å². The van der Waals surface area contributed by atoms with E-state index in [1.54, 1.807) is 6.07 Å². The minimum atomic E-state index is 0.284. The van der Waals surface area contributed by atoms with Crippen molar-refractivity contribution in [1.82, 2.24) is 10.2 Å². The van der Waals surface area contributed by atoms with Crippen LogP contribution < -0.4 is 5.32 Å². The van der Waals surface area contributed by atoms with Crippen LogP contribution in [0.3, 0.4) is 0 Å². The van der Waals surface area contributed by atoms with Crippen molar-refractivity contribution < 1.29 is 5.11 Å². The second kappa shape index (κ2) is 7.12. The van der Waals surface area contributed by atoms with E-state index in [2.05, 4.69) is 54.1 Å². The van der Waals surface area contributed by atoms with Crippen molar-refractivity contribution >= 4 is 15.9 Å². The molecule has 0 radical (unpaired) electrons. The highest BCUT2D eigenvalue weighted by molar-refractivity contribution is 9.10. The lowest BCUT2D eigenvalue weighted by Gasteiger charge is -2.28. The van der Waals surface area contributed by atoms with E-state index in [0.29, 0.717) is 12.0 Å². The molecule has 0 bridgehead atoms. The van der Waals surface area contributed by atoms with Crippen LogP contribution in [0, 0.1) is 5.92 Å². The van der Waals surface area contributed by atoms with Crippen LogP contribution >= 0.6 is 15.9 Å². The van der Waals surface area contributed by atoms with Crippen molar-refractivity contribution in [2.24, 2.45) is 5.92 Å². The SMILES string of the molecule is CC(C)C(CNCc1ccc(O)c(Br)c1)N(C)C. The molecule has 1 unspecified atom stereocenters. The molecule has 0 aromatic heterocycles. The third kappa shape index (κ3) is 4.59. The maximum Gasteiger partial charge on any atom is 0.129 e. The predicted octanol–water partition coefficient (Wildman–Crippen LogP) is 2.83. The number of hydrogen-bond donors (Lipinski definition) is 2. The van der Waals surface area contributed by atoms with Gasteiger partial charge in [-0.15, -0.1) is 0 Å². The molecule has 0 aliphatic heterocycles. The van der Waals surface area contributed by atoms with Gasteiger partial charge in [0, 0.05) is 19.1 Å². The van der Waals surface area contributed by atoms with E-state index in [4.69, 9.17) is 0 Å². The van der Waals surface area contributed by atoms with Gasteiger partial charge in [0.25, 0.3) is 0 Å². The predicted molar refractivity (Wildman–Crippen MR) is 79.8 cm³/mol. The molecule has 0 saturated carbocycles. The Morgan fingerprint density at radius 1 is 1.33 bits per heavy atom. The van der Waals surface area contributed by atoms with Crippen LogP contribution in [0.5, 0.6) is 5.75 Å². The Morgan fingerprint density at radius 2 is 2.00 bits per heavy atom. The fourth-order valence-electron chi connectivity index (χ4n) is 2.04. The second-order valence-corrected chi connectivity index (χ2v) is 6.05. The van der Waals surface area contributed by atoms with Crippen molar-refractivity contribution in [2.45, 2.75) is 26.4 Å². The highest BCUT2D eigenvalue weighted by atomic mass is 79.9. The lowest BCUT2D eigenvalue weighted by Crippen LogP contribution is -2.41. The molecular formula is C14H23BrN2O. The van der Waals surface area contributed by atoms with Gasteiger partial charge in [-0.05, 0) is 53.6 Å². The number of nitrogens with one attached hydrogen (secondary N) is 1. The molecule has 0 fully saturated rings. The molecule has 1 atom stereocenters. The molecule has 0 aliphatic carbocycles. The van der Waals surface area contributed by atoms with E-state index in [1.807, 2.05) is 12.1 Å². The highest BCUT2D eigenvalue weighted by Gasteiger charge is 2.14. The maximum absolute atomic E-state index is 9.43. The largest absolute Gasteiger partial charge is 0.507 e. The molecule has 0 spiro atoms. The first kappa shape index (κ1) is 15.5. The Kier molecular flexibility index (Phi) is 6.12. The number of benzene rings is 1. The minimum absolute atomic E-state index is 0.284. The Bertz CT molecular complexity index is 372. The van der Waals surface area contributed by atoms with Crippen LogP contribution in [-0.2, 0) is 6.54 Å². The summed E-state index contributed by atoms with van der Waals surface area (Å²) in [6.07, 6.45) is 0. The van der Waals surface area contributed by atoms with Crippen LogP contribution in [0.25, 0.3) is 0 Å². The number of hydrogen-bond acceptors (Lipinski definition) is 3. The topological polar surface area (TPSA) is 35.5 Å². The zero-order chi connectivity index (χ0) is 13.7. The van der Waals surface area contributed by atoms with Crippen LogP contribution in [0.2, 0.25) is 0 Å². The summed E-state index contributed by atoms with van der Waals surface area (Å²) < 4.78 is 0.745. The molecule has 18 heavy (non-hydrogen) atoms. The number of likely N-dealkylation sites (N-methyl/N-ethyl adjacent to an activating group) is 1. The van der Waals surface area contributed by atoms with Crippen molar-refractivity contribution in [3.63, 3.8) is 0 Å². The Hall–Kier alpha value is -0.580. The molecule has 2 N–H and O–H groups in total. The molecule has 1 rings (SSSR count). The second-order valence-electron chi connectivity index (χ2n) is 5.19. The zero-order valence-electron chi connectivity index (χ0n) is 11.6. The lowest BCUT2D eigenvalue weighted by atomic mass is 10.0. The van der Waals surface area contributed by atoms with E-state index >= 15 is 0 Å². The fraction of sp³-hybridized carbons (Fsp3) is 0.571. The first-order valence-electron chi connectivity index (χ1n) is 6.26. The maximum atomic E-state index is 9.43. The van der Waals surface area contributed by atoms with Gasteiger partial charge in [-0.25, -0.2) is 0 Å². The molecule has 0 heterocycles. The average molecular weight is 315 g/mol. The van der Waals surface area contributed by atoms with Gasteiger partial charge in [0.2, 0.25) is 0 Å². The lowest BCUT2D eigenvalue weighted by molar-refractivity contribution is 0.224. The van der Waals surface area contributed by atoms with E-state index in [-0.39, 0.29) is 5.75 Å². The van der Waals surface area contributed by atoms with E-state index < -0.39 is 0 Å². The van der Waals surface area contributed by atoms with Gasteiger partial charge in [0.05, 0.1) is 4.47 Å². The smallest absolute Gasteiger partial charge is 0.129 e. The van der Waals surface area contributed by atoms with Crippen LogP contribution in [0.1, 0.15) is 19.4 Å². The summed E-state index contributed by atoms with van der Waals surface area (Å²) in [5.74, 6) is 0.908. The molecule has 0 aliphatic rings. The van der Waals surface area contributed by atoms with E-state index in [1.165, 1.54) is 5.56 Å². The highest BCUT2D eigenvalue weighted by Crippen LogP contribution is 2.24. The molecule has 0 saturated heterocycles. The summed E-state index contributed by atoms with van der Waals surface area (Å²) in [5, 5.41) is 12.9. The number of rotatable bonds is 6. The fourth-order valence-corrected chi connectivity index (χ4v) is 2.47. The van der Waals surface area contributed by atoms with Gasteiger partial charge in [-0.3, -0.25) is 0 Å². The summed E-state index contributed by atoms with van der Waals surface area (Å²) in [6.45, 7) is 6.26. The number of phenolic OH excluding ortho intramolecular Hbond substituents is 1. The molecule has 0 amide bonds. The van der Waals surface area contributed by atoms with Crippen LogP contribution in [-0.4, -0.2) is 36.7 Å². The average Bonchev–Trinajstić information content (AvgIpc) is 2.28. The molecular weight excluding hydrogens is 292 g/mol. The molecule has 3 nitrogen and oxygen atoms in total. The normalized spacial score (nSPS) is 13.3. The monoisotopic (exact) mass is 314 g/mol. The minimum Gasteiger partial charge on any atom is -0.507 e. The first-order chi connectivity index (χ1) is 8.41. The van der Waals surface area contributed by atoms with Gasteiger partial charge < -0.3 is 15.3 Å². The molecule has 102 valence electrons. The number of aromatic hydroxyl groups is 1.